The van der Waals surface area contributed by atoms with Crippen LogP contribution in [0.5, 0.6) is 0 Å². The van der Waals surface area contributed by atoms with Crippen molar-refractivity contribution in [1.82, 2.24) is 0 Å². The largest absolute Gasteiger partial charge is 0.325 e. The van der Waals surface area contributed by atoms with Crippen molar-refractivity contribution in [2.75, 3.05) is 5.32 Å². The van der Waals surface area contributed by atoms with E-state index in [1.165, 1.54) is 38.5 Å². The maximum Gasteiger partial charge on any atom is 0.227 e. The number of rotatable bonds is 5. The predicted octanol–water partition coefficient (Wildman–Crippen LogP) is 5.28. The lowest BCUT2D eigenvalue weighted by atomic mass is 9.84. The van der Waals surface area contributed by atoms with Gasteiger partial charge in [0.15, 0.2) is 0 Å². The van der Waals surface area contributed by atoms with E-state index >= 15 is 0 Å². The highest BCUT2D eigenvalue weighted by Crippen LogP contribution is 2.29. The fraction of sp³-hybridized carbons (Fsp3) is 0.588. The molecule has 1 aromatic carbocycles. The summed E-state index contributed by atoms with van der Waals surface area (Å²) >= 11 is 6.06. The molecule has 0 aromatic heterocycles. The van der Waals surface area contributed by atoms with Gasteiger partial charge in [-0.05, 0) is 30.9 Å². The third kappa shape index (κ3) is 4.52. The van der Waals surface area contributed by atoms with Crippen LogP contribution in [0.2, 0.25) is 5.02 Å². The van der Waals surface area contributed by atoms with Crippen LogP contribution in [-0.2, 0) is 4.79 Å². The minimum absolute atomic E-state index is 0.0493. The van der Waals surface area contributed by atoms with Crippen molar-refractivity contribution >= 4 is 23.2 Å². The second kappa shape index (κ2) is 7.68. The zero-order valence-corrected chi connectivity index (χ0v) is 13.0. The van der Waals surface area contributed by atoms with Gasteiger partial charge in [-0.25, -0.2) is 0 Å². The molecule has 0 saturated heterocycles. The quantitative estimate of drug-likeness (QED) is 0.786. The lowest BCUT2D eigenvalue weighted by Gasteiger charge is -2.22. The highest BCUT2D eigenvalue weighted by atomic mass is 35.5. The second-order valence-corrected chi connectivity index (χ2v) is 6.36. The highest BCUT2D eigenvalue weighted by molar-refractivity contribution is 6.33. The molecule has 1 saturated carbocycles. The molecule has 1 aliphatic carbocycles. The second-order valence-electron chi connectivity index (χ2n) is 5.95. The average molecular weight is 294 g/mol. The van der Waals surface area contributed by atoms with Crippen molar-refractivity contribution < 1.29 is 4.79 Å². The van der Waals surface area contributed by atoms with Gasteiger partial charge < -0.3 is 5.32 Å². The Bertz CT molecular complexity index is 440. The van der Waals surface area contributed by atoms with Crippen LogP contribution in [0, 0.1) is 11.8 Å². The molecule has 2 nitrogen and oxygen atoms in total. The van der Waals surface area contributed by atoms with Crippen LogP contribution in [0.1, 0.15) is 51.9 Å². The number of anilines is 1. The van der Waals surface area contributed by atoms with E-state index in [1.54, 1.807) is 6.07 Å². The molecule has 110 valence electrons. The van der Waals surface area contributed by atoms with Crippen LogP contribution in [0.25, 0.3) is 0 Å². The molecule has 1 amide bonds. The Kier molecular flexibility index (Phi) is 5.90. The van der Waals surface area contributed by atoms with Crippen molar-refractivity contribution in [3.63, 3.8) is 0 Å². The maximum absolute atomic E-state index is 12.2. The van der Waals surface area contributed by atoms with Gasteiger partial charge in [0.05, 0.1) is 10.7 Å². The van der Waals surface area contributed by atoms with Crippen LogP contribution >= 0.6 is 11.6 Å². The number of nitrogens with one attached hydrogen (secondary N) is 1. The minimum atomic E-state index is 0.0493. The molecule has 1 atom stereocenters. The third-order valence-corrected chi connectivity index (χ3v) is 4.64. The van der Waals surface area contributed by atoms with E-state index < -0.39 is 0 Å². The van der Waals surface area contributed by atoms with Gasteiger partial charge in [-0.2, -0.15) is 0 Å². The Morgan fingerprint density at radius 3 is 2.70 bits per heavy atom. The van der Waals surface area contributed by atoms with E-state index in [4.69, 9.17) is 11.6 Å². The molecule has 1 aliphatic rings. The summed E-state index contributed by atoms with van der Waals surface area (Å²) in [6.45, 7) is 2.01. The normalized spacial score (nSPS) is 17.7. The molecule has 0 bridgehead atoms. The topological polar surface area (TPSA) is 29.1 Å². The Hall–Kier alpha value is -1.02. The summed E-state index contributed by atoms with van der Waals surface area (Å²) < 4.78 is 0. The van der Waals surface area contributed by atoms with Gasteiger partial charge in [0.1, 0.15) is 0 Å². The average Bonchev–Trinajstić information content (AvgIpc) is 2.48. The molecule has 3 heteroatoms. The summed E-state index contributed by atoms with van der Waals surface area (Å²) in [7, 11) is 0. The molecule has 0 spiro atoms. The number of carbonyl (C=O) groups excluding carboxylic acids is 1. The number of hydrogen-bond donors (Lipinski definition) is 1. The van der Waals surface area contributed by atoms with E-state index in [1.807, 2.05) is 25.1 Å². The Morgan fingerprint density at radius 1 is 1.30 bits per heavy atom. The highest BCUT2D eigenvalue weighted by Gasteiger charge is 2.18. The molecule has 1 unspecified atom stereocenters. The summed E-state index contributed by atoms with van der Waals surface area (Å²) in [4.78, 5) is 12.2. The fourth-order valence-corrected chi connectivity index (χ4v) is 3.09. The molecule has 2 rings (SSSR count). The zero-order valence-electron chi connectivity index (χ0n) is 12.2. The molecule has 20 heavy (non-hydrogen) atoms. The molecular formula is C17H24ClNO. The summed E-state index contributed by atoms with van der Waals surface area (Å²) in [5, 5.41) is 3.52. The van der Waals surface area contributed by atoms with Crippen molar-refractivity contribution in [3.8, 4) is 0 Å². The fourth-order valence-electron chi connectivity index (χ4n) is 2.91. The van der Waals surface area contributed by atoms with Crippen molar-refractivity contribution in [2.24, 2.45) is 11.8 Å². The monoisotopic (exact) mass is 293 g/mol. The van der Waals surface area contributed by atoms with Gasteiger partial charge in [0.2, 0.25) is 5.91 Å². The Labute approximate surface area is 126 Å². The van der Waals surface area contributed by atoms with Crippen LogP contribution in [0.3, 0.4) is 0 Å². The summed E-state index contributed by atoms with van der Waals surface area (Å²) in [6.07, 6.45) is 8.96. The predicted molar refractivity (Wildman–Crippen MR) is 85.1 cm³/mol. The van der Waals surface area contributed by atoms with Crippen LogP contribution < -0.4 is 5.32 Å². The first-order chi connectivity index (χ1) is 9.66. The van der Waals surface area contributed by atoms with Crippen LogP contribution in [0.15, 0.2) is 24.3 Å². The lowest BCUT2D eigenvalue weighted by Crippen LogP contribution is -2.21. The number of hydrogen-bond acceptors (Lipinski definition) is 1. The van der Waals surface area contributed by atoms with Crippen molar-refractivity contribution in [2.45, 2.75) is 51.9 Å². The van der Waals surface area contributed by atoms with Gasteiger partial charge in [-0.15, -0.1) is 0 Å². The number of amides is 1. The third-order valence-electron chi connectivity index (χ3n) is 4.31. The molecule has 0 heterocycles. The zero-order chi connectivity index (χ0) is 14.4. The maximum atomic E-state index is 12.2. The van der Waals surface area contributed by atoms with Crippen molar-refractivity contribution in [1.29, 1.82) is 0 Å². The summed E-state index contributed by atoms with van der Waals surface area (Å²) in [6, 6.07) is 7.39. The van der Waals surface area contributed by atoms with E-state index in [-0.39, 0.29) is 11.8 Å². The van der Waals surface area contributed by atoms with E-state index in [9.17, 15) is 4.79 Å². The van der Waals surface area contributed by atoms with Gasteiger partial charge in [-0.3, -0.25) is 4.79 Å². The molecule has 1 fully saturated rings. The molecule has 1 aromatic rings. The summed E-state index contributed by atoms with van der Waals surface area (Å²) in [5.41, 5.74) is 0.712. The lowest BCUT2D eigenvalue weighted by molar-refractivity contribution is -0.119. The Balaban J connectivity index is 1.78. The standard InChI is InChI=1S/C17H24ClNO/c1-13(11-12-14-7-3-2-4-8-14)17(20)19-16-10-6-5-9-15(16)18/h5-6,9-10,13-14H,2-4,7-8,11-12H2,1H3,(H,19,20). The van der Waals surface area contributed by atoms with E-state index in [0.29, 0.717) is 10.7 Å². The number of halogens is 1. The molecular weight excluding hydrogens is 270 g/mol. The smallest absolute Gasteiger partial charge is 0.227 e. The number of benzene rings is 1. The molecule has 1 N–H and O–H groups in total. The minimum Gasteiger partial charge on any atom is -0.325 e. The number of carbonyl (C=O) groups is 1. The first-order valence-electron chi connectivity index (χ1n) is 7.72. The SMILES string of the molecule is CC(CCC1CCCCC1)C(=O)Nc1ccccc1Cl. The van der Waals surface area contributed by atoms with Gasteiger partial charge in [0.25, 0.3) is 0 Å². The van der Waals surface area contributed by atoms with E-state index in [0.717, 1.165) is 12.3 Å². The van der Waals surface area contributed by atoms with Gasteiger partial charge >= 0.3 is 0 Å². The van der Waals surface area contributed by atoms with E-state index in [2.05, 4.69) is 5.32 Å². The Morgan fingerprint density at radius 2 is 2.00 bits per heavy atom. The summed E-state index contributed by atoms with van der Waals surface area (Å²) in [5.74, 6) is 0.960. The molecule has 0 radical (unpaired) electrons. The molecule has 0 aliphatic heterocycles. The first-order valence-corrected chi connectivity index (χ1v) is 8.10. The van der Waals surface area contributed by atoms with Gasteiger partial charge in [0, 0.05) is 5.92 Å². The van der Waals surface area contributed by atoms with Gasteiger partial charge in [-0.1, -0.05) is 62.8 Å². The van der Waals surface area contributed by atoms with Crippen LogP contribution in [0.4, 0.5) is 5.69 Å². The van der Waals surface area contributed by atoms with Crippen molar-refractivity contribution in [3.05, 3.63) is 29.3 Å². The van der Waals surface area contributed by atoms with Crippen LogP contribution in [-0.4, -0.2) is 5.91 Å². The first kappa shape index (κ1) is 15.4. The number of para-hydroxylation sites is 1.